The number of guanidine groups is 1. The Kier molecular flexibility index (Phi) is 8.70. The van der Waals surface area contributed by atoms with Crippen molar-refractivity contribution in [1.29, 1.82) is 0 Å². The molecule has 138 valence electrons. The van der Waals surface area contributed by atoms with Crippen molar-refractivity contribution < 1.29 is 0 Å². The van der Waals surface area contributed by atoms with Gasteiger partial charge in [0.1, 0.15) is 5.82 Å². The maximum absolute atomic E-state index is 4.43. The normalized spacial score (nSPS) is 11.0. The minimum Gasteiger partial charge on any atom is -0.363 e. The molecule has 0 bridgehead atoms. The minimum atomic E-state index is 0. The van der Waals surface area contributed by atoms with Crippen LogP contribution in [0.25, 0.3) is 0 Å². The van der Waals surface area contributed by atoms with Crippen molar-refractivity contribution in [3.05, 3.63) is 46.3 Å². The Morgan fingerprint density at radius 3 is 2.52 bits per heavy atom. The molecule has 0 radical (unpaired) electrons. The van der Waals surface area contributed by atoms with Gasteiger partial charge in [0, 0.05) is 64.3 Å². The molecule has 1 N–H and O–H groups in total. The van der Waals surface area contributed by atoms with E-state index in [0.717, 1.165) is 28.4 Å². The third-order valence-corrected chi connectivity index (χ3v) is 4.20. The number of halogens is 2. The Morgan fingerprint density at radius 1 is 1.32 bits per heavy atom. The lowest BCUT2D eigenvalue weighted by molar-refractivity contribution is 0.461. The second-order valence-electron chi connectivity index (χ2n) is 5.94. The van der Waals surface area contributed by atoms with Gasteiger partial charge in [0.25, 0.3) is 0 Å². The average molecular weight is 521 g/mol. The van der Waals surface area contributed by atoms with E-state index in [1.807, 2.05) is 45.4 Å². The summed E-state index contributed by atoms with van der Waals surface area (Å²) in [5.74, 6) is 1.80. The van der Waals surface area contributed by atoms with E-state index in [0.29, 0.717) is 6.54 Å². The molecule has 0 saturated carbocycles. The molecule has 0 fully saturated rings. The van der Waals surface area contributed by atoms with Gasteiger partial charge in [0.15, 0.2) is 5.96 Å². The number of hydrogen-bond donors (Lipinski definition) is 1. The van der Waals surface area contributed by atoms with E-state index >= 15 is 0 Å². The second kappa shape index (κ2) is 10.0. The highest BCUT2D eigenvalue weighted by Gasteiger charge is 2.09. The summed E-state index contributed by atoms with van der Waals surface area (Å²) in [6.07, 6.45) is 3.95. The first-order chi connectivity index (χ1) is 11.4. The number of nitrogens with one attached hydrogen (secondary N) is 1. The summed E-state index contributed by atoms with van der Waals surface area (Å²) in [6.45, 7) is 1.47. The maximum atomic E-state index is 4.43. The van der Waals surface area contributed by atoms with Crippen molar-refractivity contribution >= 4 is 51.7 Å². The van der Waals surface area contributed by atoms with E-state index in [4.69, 9.17) is 0 Å². The van der Waals surface area contributed by atoms with Crippen LogP contribution >= 0.6 is 39.9 Å². The molecule has 2 aromatic heterocycles. The molecule has 0 aromatic carbocycles. The molecule has 0 aliphatic heterocycles. The molecule has 2 heterocycles. The first kappa shape index (κ1) is 21.8. The molecule has 25 heavy (non-hydrogen) atoms. The topological polar surface area (TPSA) is 48.7 Å². The first-order valence-electron chi connectivity index (χ1n) is 7.75. The zero-order valence-electron chi connectivity index (χ0n) is 15.3. The lowest BCUT2D eigenvalue weighted by Gasteiger charge is -2.22. The fourth-order valence-electron chi connectivity index (χ4n) is 2.39. The highest BCUT2D eigenvalue weighted by molar-refractivity contribution is 14.0. The van der Waals surface area contributed by atoms with Crippen LogP contribution in [0.3, 0.4) is 0 Å². The molecule has 2 aromatic rings. The third-order valence-electron chi connectivity index (χ3n) is 3.77. The van der Waals surface area contributed by atoms with Gasteiger partial charge >= 0.3 is 0 Å². The SMILES string of the molecule is CN=C(NCc1ccc(N(C)C)nc1)N(C)Cc1cc(Br)cn1C.I. The molecule has 0 atom stereocenters. The Bertz CT molecular complexity index is 696. The van der Waals surface area contributed by atoms with Crippen LogP contribution in [0.4, 0.5) is 5.82 Å². The van der Waals surface area contributed by atoms with Gasteiger partial charge in [-0.25, -0.2) is 4.98 Å². The lowest BCUT2D eigenvalue weighted by atomic mass is 10.3. The van der Waals surface area contributed by atoms with Gasteiger partial charge in [-0.2, -0.15) is 0 Å². The minimum absolute atomic E-state index is 0. The zero-order chi connectivity index (χ0) is 17.7. The predicted molar refractivity (Wildman–Crippen MR) is 119 cm³/mol. The first-order valence-corrected chi connectivity index (χ1v) is 8.54. The summed E-state index contributed by atoms with van der Waals surface area (Å²) in [7, 11) is 9.84. The number of anilines is 1. The molecule has 8 heteroatoms. The second-order valence-corrected chi connectivity index (χ2v) is 6.85. The van der Waals surface area contributed by atoms with Gasteiger partial charge < -0.3 is 19.7 Å². The van der Waals surface area contributed by atoms with Crippen LogP contribution in [0.15, 0.2) is 40.1 Å². The quantitative estimate of drug-likeness (QED) is 0.374. The van der Waals surface area contributed by atoms with Crippen LogP contribution in [0.5, 0.6) is 0 Å². The molecule has 6 nitrogen and oxygen atoms in total. The number of aryl methyl sites for hydroxylation is 1. The Morgan fingerprint density at radius 2 is 2.04 bits per heavy atom. The standard InChI is InChI=1S/C17H25BrN6.HI/c1-19-17(24(5)12-15-8-14(18)11-23(15)4)21-10-13-6-7-16(20-9-13)22(2)3;/h6-9,11H,10,12H2,1-5H3,(H,19,21);1H. The molecular weight excluding hydrogens is 495 g/mol. The Hall–Kier alpha value is -1.29. The molecular formula is C17H26BrIN6. The number of aromatic nitrogens is 2. The Balaban J connectivity index is 0.00000312. The van der Waals surface area contributed by atoms with E-state index < -0.39 is 0 Å². The van der Waals surface area contributed by atoms with Crippen LogP contribution in [-0.2, 0) is 20.1 Å². The molecule has 0 aliphatic rings. The highest BCUT2D eigenvalue weighted by atomic mass is 127. The molecule has 0 aliphatic carbocycles. The van der Waals surface area contributed by atoms with Gasteiger partial charge in [0.05, 0.1) is 6.54 Å². The van der Waals surface area contributed by atoms with Gasteiger partial charge in [0.2, 0.25) is 0 Å². The summed E-state index contributed by atoms with van der Waals surface area (Å²) in [4.78, 5) is 12.9. The summed E-state index contributed by atoms with van der Waals surface area (Å²) in [5, 5.41) is 3.38. The number of rotatable bonds is 5. The van der Waals surface area contributed by atoms with Crippen LogP contribution in [0.2, 0.25) is 0 Å². The number of aliphatic imine (C=N–C) groups is 1. The summed E-state index contributed by atoms with van der Waals surface area (Å²) in [6, 6.07) is 6.22. The van der Waals surface area contributed by atoms with E-state index in [-0.39, 0.29) is 24.0 Å². The van der Waals surface area contributed by atoms with Crippen molar-refractivity contribution in [3.63, 3.8) is 0 Å². The van der Waals surface area contributed by atoms with Crippen LogP contribution < -0.4 is 10.2 Å². The number of hydrogen-bond acceptors (Lipinski definition) is 3. The van der Waals surface area contributed by atoms with E-state index in [2.05, 4.69) is 59.0 Å². The van der Waals surface area contributed by atoms with Crippen molar-refractivity contribution in [3.8, 4) is 0 Å². The molecule has 2 rings (SSSR count). The van der Waals surface area contributed by atoms with Gasteiger partial charge in [-0.1, -0.05) is 6.07 Å². The average Bonchev–Trinajstić information content (AvgIpc) is 2.85. The lowest BCUT2D eigenvalue weighted by Crippen LogP contribution is -2.38. The highest BCUT2D eigenvalue weighted by Crippen LogP contribution is 2.15. The van der Waals surface area contributed by atoms with Crippen LogP contribution in [0, 0.1) is 0 Å². The zero-order valence-corrected chi connectivity index (χ0v) is 19.2. The predicted octanol–water partition coefficient (Wildman–Crippen LogP) is 3.07. The third kappa shape index (κ3) is 6.18. The summed E-state index contributed by atoms with van der Waals surface area (Å²) >= 11 is 3.51. The van der Waals surface area contributed by atoms with E-state index in [1.165, 1.54) is 5.69 Å². The summed E-state index contributed by atoms with van der Waals surface area (Å²) < 4.78 is 3.20. The monoisotopic (exact) mass is 520 g/mol. The van der Waals surface area contributed by atoms with E-state index in [9.17, 15) is 0 Å². The van der Waals surface area contributed by atoms with Crippen molar-refractivity contribution in [2.24, 2.45) is 12.0 Å². The maximum Gasteiger partial charge on any atom is 0.194 e. The van der Waals surface area contributed by atoms with Gasteiger partial charge in [-0.15, -0.1) is 24.0 Å². The molecule has 0 unspecified atom stereocenters. The Labute approximate surface area is 175 Å². The fraction of sp³-hybridized carbons (Fsp3) is 0.412. The summed E-state index contributed by atoms with van der Waals surface area (Å²) in [5.41, 5.74) is 2.33. The largest absolute Gasteiger partial charge is 0.363 e. The van der Waals surface area contributed by atoms with Gasteiger partial charge in [-0.3, -0.25) is 4.99 Å². The fourth-order valence-corrected chi connectivity index (χ4v) is 2.96. The number of nitrogens with zero attached hydrogens (tertiary/aromatic N) is 5. The molecule has 0 saturated heterocycles. The molecule has 0 spiro atoms. The molecule has 0 amide bonds. The van der Waals surface area contributed by atoms with Crippen LogP contribution in [0.1, 0.15) is 11.3 Å². The van der Waals surface area contributed by atoms with Crippen molar-refractivity contribution in [1.82, 2.24) is 19.8 Å². The number of pyridine rings is 1. The van der Waals surface area contributed by atoms with Gasteiger partial charge in [-0.05, 0) is 33.6 Å². The van der Waals surface area contributed by atoms with Crippen LogP contribution in [-0.4, -0.2) is 48.6 Å². The van der Waals surface area contributed by atoms with Crippen molar-refractivity contribution in [2.75, 3.05) is 33.1 Å². The smallest absolute Gasteiger partial charge is 0.194 e. The van der Waals surface area contributed by atoms with E-state index in [1.54, 1.807) is 7.05 Å². The van der Waals surface area contributed by atoms with Crippen molar-refractivity contribution in [2.45, 2.75) is 13.1 Å².